The van der Waals surface area contributed by atoms with Gasteiger partial charge in [-0.15, -0.1) is 0 Å². The highest BCUT2D eigenvalue weighted by Crippen LogP contribution is 2.51. The minimum absolute atomic E-state index is 0.0366. The summed E-state index contributed by atoms with van der Waals surface area (Å²) in [5, 5.41) is 13.4. The van der Waals surface area contributed by atoms with Crippen LogP contribution in [0.4, 0.5) is 27.8 Å². The van der Waals surface area contributed by atoms with Crippen molar-refractivity contribution >= 4 is 16.9 Å². The maximum absolute atomic E-state index is 14.8. The first-order valence-corrected chi connectivity index (χ1v) is 12.6. The molecule has 1 aliphatic carbocycles. The third-order valence-corrected chi connectivity index (χ3v) is 7.41. The van der Waals surface area contributed by atoms with Gasteiger partial charge in [0.05, 0.1) is 35.0 Å². The number of hydrogen-bond acceptors (Lipinski definition) is 7. The van der Waals surface area contributed by atoms with Crippen LogP contribution in [0.5, 0.6) is 5.88 Å². The molecule has 1 saturated heterocycles. The van der Waals surface area contributed by atoms with E-state index in [1.807, 2.05) is 0 Å². The number of ether oxygens (including phenoxy) is 1. The van der Waals surface area contributed by atoms with Gasteiger partial charge in [0.15, 0.2) is 5.65 Å². The highest BCUT2D eigenvalue weighted by molar-refractivity contribution is 5.88. The second-order valence-corrected chi connectivity index (χ2v) is 10.4. The topological polar surface area (TPSA) is 87.0 Å². The number of anilines is 1. The summed E-state index contributed by atoms with van der Waals surface area (Å²) in [6.07, 6.45) is -2.15. The monoisotopic (exact) mass is 546 g/mol. The molecule has 5 rings (SSSR count). The zero-order valence-corrected chi connectivity index (χ0v) is 21.6. The summed E-state index contributed by atoms with van der Waals surface area (Å²) in [6, 6.07) is 6.57. The molecule has 1 unspecified atom stereocenters. The first-order chi connectivity index (χ1) is 18.4. The van der Waals surface area contributed by atoms with Gasteiger partial charge in [0.2, 0.25) is 5.88 Å². The number of aromatic nitrogens is 3. The number of alkyl halides is 4. The van der Waals surface area contributed by atoms with Gasteiger partial charge in [-0.25, -0.2) is 31.9 Å². The lowest BCUT2D eigenvalue weighted by atomic mass is 9.97. The molecule has 0 radical (unpaired) electrons. The Hall–Kier alpha value is -3.59. The fraction of sp³-hybridized carbons (Fsp3) is 0.481. The highest BCUT2D eigenvalue weighted by Gasteiger charge is 2.48. The van der Waals surface area contributed by atoms with Crippen molar-refractivity contribution in [3.05, 3.63) is 52.6 Å². The number of halogens is 5. The van der Waals surface area contributed by atoms with E-state index in [9.17, 15) is 27.2 Å². The van der Waals surface area contributed by atoms with E-state index in [2.05, 4.69) is 26.3 Å². The normalized spacial score (nSPS) is 20.7. The Labute approximate surface area is 222 Å². The molecule has 1 saturated carbocycles. The molecule has 7 nitrogen and oxygen atoms in total. The summed E-state index contributed by atoms with van der Waals surface area (Å²) in [5.74, 6) is -3.03. The van der Waals surface area contributed by atoms with E-state index in [1.165, 1.54) is 17.0 Å². The van der Waals surface area contributed by atoms with Gasteiger partial charge in [0.1, 0.15) is 24.1 Å². The van der Waals surface area contributed by atoms with Crippen LogP contribution in [0.15, 0.2) is 24.3 Å². The SMILES string of the molecule is Cc1nc(N[C@H](C)c2cccc(C(F)F)c2F)c2cc(C3(C#N)CC3)c(OCC3CC(F)(F)CN3C)nc2n1. The lowest BCUT2D eigenvalue weighted by Gasteiger charge is -2.22. The highest BCUT2D eigenvalue weighted by atomic mass is 19.3. The Morgan fingerprint density at radius 2 is 1.92 bits per heavy atom. The molecule has 0 spiro atoms. The van der Waals surface area contributed by atoms with E-state index in [-0.39, 0.29) is 42.5 Å². The fourth-order valence-corrected chi connectivity index (χ4v) is 5.05. The molecule has 1 aromatic carbocycles. The average molecular weight is 547 g/mol. The number of nitrogens with one attached hydrogen (secondary N) is 1. The average Bonchev–Trinajstić information content (AvgIpc) is 3.61. The Morgan fingerprint density at radius 3 is 2.54 bits per heavy atom. The van der Waals surface area contributed by atoms with E-state index >= 15 is 0 Å². The van der Waals surface area contributed by atoms with Gasteiger partial charge in [-0.1, -0.05) is 18.2 Å². The molecule has 2 atom stereocenters. The predicted octanol–water partition coefficient (Wildman–Crippen LogP) is 5.86. The number of nitriles is 1. The summed E-state index contributed by atoms with van der Waals surface area (Å²) in [6.45, 7) is 2.86. The second-order valence-electron chi connectivity index (χ2n) is 10.4. The molecular weight excluding hydrogens is 519 g/mol. The summed E-state index contributed by atoms with van der Waals surface area (Å²) < 4.78 is 75.0. The van der Waals surface area contributed by atoms with Crippen LogP contribution < -0.4 is 10.1 Å². The van der Waals surface area contributed by atoms with Crippen LogP contribution in [0.3, 0.4) is 0 Å². The van der Waals surface area contributed by atoms with Crippen molar-refractivity contribution in [1.29, 1.82) is 5.26 Å². The predicted molar refractivity (Wildman–Crippen MR) is 133 cm³/mol. The van der Waals surface area contributed by atoms with Crippen molar-refractivity contribution in [1.82, 2.24) is 19.9 Å². The van der Waals surface area contributed by atoms with Crippen LogP contribution in [-0.2, 0) is 5.41 Å². The van der Waals surface area contributed by atoms with Crippen molar-refractivity contribution in [3.8, 4) is 11.9 Å². The molecule has 12 heteroatoms. The molecule has 2 aromatic heterocycles. The Balaban J connectivity index is 1.51. The standard InChI is InChI=1S/C27H27F5N6O/c1-14(17-5-4-6-18(21(17)28)22(29)30)34-23-19-9-20(26(12-33)7-8-26)25(37-24(19)36-15(2)35-23)39-11-16-10-27(31,32)13-38(16)3/h4-6,9,14,16,22H,7-8,10-11,13H2,1-3H3,(H,34,35,36,37)/t14-,16?/m1/s1. The Bertz CT molecular complexity index is 1450. The number of aryl methyl sites for hydroxylation is 1. The zero-order valence-electron chi connectivity index (χ0n) is 21.6. The largest absolute Gasteiger partial charge is 0.476 e. The van der Waals surface area contributed by atoms with Crippen LogP contribution in [-0.4, -0.2) is 52.0 Å². The number of nitrogens with zero attached hydrogens (tertiary/aromatic N) is 5. The van der Waals surface area contributed by atoms with E-state index < -0.39 is 41.2 Å². The van der Waals surface area contributed by atoms with Crippen LogP contribution >= 0.6 is 0 Å². The van der Waals surface area contributed by atoms with Crippen molar-refractivity contribution in [2.45, 2.75) is 63.0 Å². The molecule has 2 fully saturated rings. The van der Waals surface area contributed by atoms with E-state index in [1.54, 1.807) is 27.0 Å². The molecule has 0 amide bonds. The third kappa shape index (κ3) is 5.20. The molecule has 0 bridgehead atoms. The summed E-state index contributed by atoms with van der Waals surface area (Å²) in [4.78, 5) is 14.9. The molecule has 206 valence electrons. The molecule has 3 heterocycles. The van der Waals surface area contributed by atoms with Crippen molar-refractivity contribution in [2.75, 3.05) is 25.5 Å². The summed E-state index contributed by atoms with van der Waals surface area (Å²) in [7, 11) is 1.61. The first-order valence-electron chi connectivity index (χ1n) is 12.6. The molecule has 2 aliphatic rings. The van der Waals surface area contributed by atoms with Crippen molar-refractivity contribution in [3.63, 3.8) is 0 Å². The van der Waals surface area contributed by atoms with Gasteiger partial charge < -0.3 is 10.1 Å². The van der Waals surface area contributed by atoms with Gasteiger partial charge in [-0.3, -0.25) is 4.90 Å². The lowest BCUT2D eigenvalue weighted by Crippen LogP contribution is -2.31. The third-order valence-electron chi connectivity index (χ3n) is 7.41. The number of likely N-dealkylation sites (tertiary alicyclic amines) is 1. The maximum Gasteiger partial charge on any atom is 0.266 e. The Morgan fingerprint density at radius 1 is 1.21 bits per heavy atom. The van der Waals surface area contributed by atoms with Gasteiger partial charge >= 0.3 is 0 Å². The smallest absolute Gasteiger partial charge is 0.266 e. The summed E-state index contributed by atoms with van der Waals surface area (Å²) >= 11 is 0. The van der Waals surface area contributed by atoms with Crippen LogP contribution in [0, 0.1) is 24.1 Å². The number of hydrogen-bond donors (Lipinski definition) is 1. The van der Waals surface area contributed by atoms with Crippen LogP contribution in [0.25, 0.3) is 11.0 Å². The quantitative estimate of drug-likeness (QED) is 0.355. The Kier molecular flexibility index (Phi) is 6.83. The summed E-state index contributed by atoms with van der Waals surface area (Å²) in [5.41, 5.74) is -0.756. The number of likely N-dealkylation sites (N-methyl/N-ethyl adjacent to an activating group) is 1. The van der Waals surface area contributed by atoms with E-state index in [0.29, 0.717) is 29.6 Å². The molecular formula is C27H27F5N6O. The molecule has 3 aromatic rings. The fourth-order valence-electron chi connectivity index (χ4n) is 5.05. The van der Waals surface area contributed by atoms with Gasteiger partial charge in [0, 0.05) is 23.6 Å². The van der Waals surface area contributed by atoms with Crippen LogP contribution in [0.1, 0.15) is 61.2 Å². The lowest BCUT2D eigenvalue weighted by molar-refractivity contribution is 0.0137. The van der Waals surface area contributed by atoms with Gasteiger partial charge in [-0.05, 0) is 39.8 Å². The number of rotatable bonds is 8. The van der Waals surface area contributed by atoms with E-state index in [0.717, 1.165) is 6.07 Å². The van der Waals surface area contributed by atoms with Gasteiger partial charge in [0.25, 0.3) is 12.3 Å². The molecule has 1 aliphatic heterocycles. The number of fused-ring (bicyclic) bond motifs is 1. The zero-order chi connectivity index (χ0) is 28.1. The second kappa shape index (κ2) is 9.86. The van der Waals surface area contributed by atoms with Gasteiger partial charge in [-0.2, -0.15) is 10.2 Å². The minimum Gasteiger partial charge on any atom is -0.476 e. The minimum atomic E-state index is -2.96. The first kappa shape index (κ1) is 27.0. The van der Waals surface area contributed by atoms with Crippen LogP contribution in [0.2, 0.25) is 0 Å². The number of benzene rings is 1. The van der Waals surface area contributed by atoms with E-state index in [4.69, 9.17) is 4.74 Å². The van der Waals surface area contributed by atoms with Crippen molar-refractivity contribution < 1.29 is 26.7 Å². The molecule has 1 N–H and O–H groups in total. The number of pyridine rings is 1. The maximum atomic E-state index is 14.8. The van der Waals surface area contributed by atoms with Crippen molar-refractivity contribution in [2.24, 2.45) is 0 Å². The molecule has 39 heavy (non-hydrogen) atoms.